The normalized spacial score (nSPS) is 10.8. The molecule has 0 amide bonds. The van der Waals surface area contributed by atoms with Crippen molar-refractivity contribution in [3.63, 3.8) is 0 Å². The van der Waals surface area contributed by atoms with Crippen LogP contribution in [0.4, 0.5) is 0 Å². The first-order chi connectivity index (χ1) is 26.4. The minimum atomic E-state index is -3.22. The summed E-state index contributed by atoms with van der Waals surface area (Å²) in [5, 5.41) is -1.26. The Labute approximate surface area is 351 Å². The predicted molar refractivity (Wildman–Crippen MR) is 235 cm³/mol. The van der Waals surface area contributed by atoms with Gasteiger partial charge in [0, 0.05) is 16.5 Å². The molecule has 2 aromatic heterocycles. The fourth-order valence-electron chi connectivity index (χ4n) is 5.34. The average molecular weight is 888 g/mol. The van der Waals surface area contributed by atoms with Crippen molar-refractivity contribution in [1.29, 1.82) is 0 Å². The molecule has 278 valence electrons. The Hall–Kier alpha value is -3.94. The minimum Gasteiger partial charge on any atom is -0.306 e. The van der Waals surface area contributed by atoms with Gasteiger partial charge in [0.15, 0.2) is 10.1 Å². The molecule has 8 rings (SSSR count). The maximum absolute atomic E-state index is 12.2. The molecule has 0 saturated carbocycles. The fourth-order valence-corrected chi connectivity index (χ4v) is 5.58. The highest BCUT2D eigenvalue weighted by molar-refractivity contribution is 8.24. The summed E-state index contributed by atoms with van der Waals surface area (Å²) in [4.78, 5) is 28.8. The number of nitrogens with one attached hydrogen (secondary N) is 1. The van der Waals surface area contributed by atoms with Gasteiger partial charge in [0.25, 0.3) is 5.56 Å². The molecule has 0 aliphatic rings. The minimum absolute atomic E-state index is 0.115. The van der Waals surface area contributed by atoms with E-state index in [4.69, 9.17) is 46.4 Å². The molecule has 0 bridgehead atoms. The van der Waals surface area contributed by atoms with Crippen molar-refractivity contribution in [2.24, 2.45) is 0 Å². The molecule has 0 fully saturated rings. The van der Waals surface area contributed by atoms with E-state index in [1.54, 1.807) is 6.07 Å². The van der Waals surface area contributed by atoms with E-state index >= 15 is 0 Å². The summed E-state index contributed by atoms with van der Waals surface area (Å²) in [5.74, 6) is 1.23. The second-order valence-corrected chi connectivity index (χ2v) is 20.3. The molecule has 0 aliphatic carbocycles. The van der Waals surface area contributed by atoms with Gasteiger partial charge in [-0.2, -0.15) is 0 Å². The molecule has 0 aliphatic heterocycles. The summed E-state index contributed by atoms with van der Waals surface area (Å²) in [5.41, 5.74) is 7.83. The average Bonchev–Trinajstić information content (AvgIpc) is 3.18. The topological polar surface area (TPSA) is 88.6 Å². The number of benzene rings is 6. The zero-order valence-corrected chi connectivity index (χ0v) is 34.5. The lowest BCUT2D eigenvalue weighted by Gasteiger charge is -2.07. The number of halogens is 7. The third-order valence-corrected chi connectivity index (χ3v) is 7.93. The first-order valence-electron chi connectivity index (χ1n) is 16.2. The van der Waals surface area contributed by atoms with Crippen LogP contribution in [0.5, 0.6) is 0 Å². The Morgan fingerprint density at radius 2 is 0.891 bits per heavy atom. The number of hydrogen-bond acceptors (Lipinski definition) is 5. The van der Waals surface area contributed by atoms with Gasteiger partial charge in [-0.25, -0.2) is 15.0 Å². The lowest BCUT2D eigenvalue weighted by atomic mass is 10.0. The molecule has 0 atom stereocenters. The third kappa shape index (κ3) is 13.1. The van der Waals surface area contributed by atoms with Gasteiger partial charge >= 0.3 is 5.20 Å². The Morgan fingerprint density at radius 1 is 0.491 bits per heavy atom. The van der Waals surface area contributed by atoms with Crippen LogP contribution in [-0.2, 0) is 4.57 Å². The number of fused-ring (bicyclic) bond motifs is 2. The summed E-state index contributed by atoms with van der Waals surface area (Å²) in [6, 6.07) is 51.8. The van der Waals surface area contributed by atoms with Crippen molar-refractivity contribution in [2.45, 2.75) is 4.30 Å². The lowest BCUT2D eigenvalue weighted by Crippen LogP contribution is -2.09. The highest BCUT2D eigenvalue weighted by Crippen LogP contribution is 2.61. The SMILES string of the molecule is ClC(Cl)Cl.Clc1nc(-c2cccc(-c3ccccc3)c2)nc2ccccc12.O=P(Cl)(Cl)Cl.O=c1[nH]c(-c2cccc(-c3ccccc3)c2)nc2ccccc12. The number of rotatable bonds is 4. The third-order valence-electron chi connectivity index (χ3n) is 7.64. The fraction of sp³-hybridized carbons (Fsp3) is 0.0244. The van der Waals surface area contributed by atoms with Gasteiger partial charge in [0.1, 0.15) is 11.0 Å². The van der Waals surface area contributed by atoms with Gasteiger partial charge in [0.05, 0.1) is 16.4 Å². The Balaban J connectivity index is 0.000000173. The second-order valence-electron chi connectivity index (χ2n) is 11.3. The lowest BCUT2D eigenvalue weighted by molar-refractivity contribution is 0.600. The van der Waals surface area contributed by atoms with Crippen molar-refractivity contribution in [2.75, 3.05) is 0 Å². The molecule has 55 heavy (non-hydrogen) atoms. The first kappa shape index (κ1) is 42.2. The smallest absolute Gasteiger partial charge is 0.306 e. The largest absolute Gasteiger partial charge is 0.339 e. The van der Waals surface area contributed by atoms with Gasteiger partial charge in [-0.05, 0) is 92.4 Å². The molecule has 0 unspecified atom stereocenters. The van der Waals surface area contributed by atoms with E-state index in [1.165, 1.54) is 5.56 Å². The monoisotopic (exact) mass is 884 g/mol. The molecule has 1 N–H and O–H groups in total. The first-order valence-corrected chi connectivity index (χ1v) is 22.3. The van der Waals surface area contributed by atoms with Crippen LogP contribution in [0.25, 0.3) is 66.8 Å². The van der Waals surface area contributed by atoms with Gasteiger partial charge in [-0.15, -0.1) is 0 Å². The highest BCUT2D eigenvalue weighted by atomic mass is 36.0. The number of para-hydroxylation sites is 2. The molecular weight excluding hydrogens is 860 g/mol. The number of H-pyrrole nitrogens is 1. The van der Waals surface area contributed by atoms with Crippen molar-refractivity contribution in [1.82, 2.24) is 19.9 Å². The van der Waals surface area contributed by atoms with Crippen LogP contribution < -0.4 is 5.56 Å². The number of hydrogen-bond donors (Lipinski definition) is 1. The Kier molecular flexibility index (Phi) is 15.6. The molecule has 2 heterocycles. The maximum atomic E-state index is 12.2. The van der Waals surface area contributed by atoms with E-state index in [-0.39, 0.29) is 5.56 Å². The van der Waals surface area contributed by atoms with E-state index in [0.29, 0.717) is 27.7 Å². The summed E-state index contributed by atoms with van der Waals surface area (Å²) in [6.45, 7) is 0. The van der Waals surface area contributed by atoms with Crippen LogP contribution in [0.2, 0.25) is 5.15 Å². The predicted octanol–water partition coefficient (Wildman–Crippen LogP) is 14.7. The van der Waals surface area contributed by atoms with Crippen molar-refractivity contribution < 1.29 is 4.57 Å². The van der Waals surface area contributed by atoms with E-state index in [2.05, 4.69) is 96.1 Å². The van der Waals surface area contributed by atoms with Crippen LogP contribution in [0.15, 0.2) is 163 Å². The number of aromatic amines is 1. The van der Waals surface area contributed by atoms with Crippen LogP contribution >= 0.6 is 85.3 Å². The van der Waals surface area contributed by atoms with Crippen molar-refractivity contribution in [3.05, 3.63) is 173 Å². The van der Waals surface area contributed by atoms with Crippen LogP contribution in [0.1, 0.15) is 0 Å². The molecule has 6 nitrogen and oxygen atoms in total. The maximum Gasteiger partial charge on any atom is 0.339 e. The summed E-state index contributed by atoms with van der Waals surface area (Å²) < 4.78 is 8.76. The zero-order valence-electron chi connectivity index (χ0n) is 28.3. The molecule has 0 saturated heterocycles. The Morgan fingerprint density at radius 3 is 1.44 bits per heavy atom. The summed E-state index contributed by atoms with van der Waals surface area (Å²) in [6.07, 6.45) is 0. The Bertz CT molecular complexity index is 2600. The number of aromatic nitrogens is 4. The summed E-state index contributed by atoms with van der Waals surface area (Å²) in [7, 11) is 0. The van der Waals surface area contributed by atoms with E-state index in [9.17, 15) is 9.36 Å². The van der Waals surface area contributed by atoms with Crippen LogP contribution in [-0.4, -0.2) is 24.2 Å². The molecule has 14 heteroatoms. The van der Waals surface area contributed by atoms with E-state index in [1.807, 2.05) is 109 Å². The van der Waals surface area contributed by atoms with Crippen LogP contribution in [0.3, 0.4) is 0 Å². The second kappa shape index (κ2) is 20.3. The molecule has 0 radical (unpaired) electrons. The van der Waals surface area contributed by atoms with Gasteiger partial charge in [-0.3, -0.25) is 9.36 Å². The molecule has 8 aromatic rings. The van der Waals surface area contributed by atoms with Crippen LogP contribution in [0, 0.1) is 0 Å². The standard InChI is InChI=1S/C20H13ClN2.C20H14N2O.CHCl3.Cl3OP/c21-19-17-11-4-5-12-18(17)22-20(23-19)16-10-6-9-15(13-16)14-7-2-1-3-8-14;23-20-17-11-4-5-12-18(17)21-19(22-20)16-10-6-9-15(13-16)14-7-2-1-3-8-14;2-1(3)4;1-5(2,3)4/h1-13H;1-13H,(H,21,22,23);1H;. The number of alkyl halides is 3. The van der Waals surface area contributed by atoms with Gasteiger partial charge in [-0.1, -0.05) is 168 Å². The highest BCUT2D eigenvalue weighted by Gasteiger charge is 2.10. The van der Waals surface area contributed by atoms with Gasteiger partial charge < -0.3 is 4.98 Å². The van der Waals surface area contributed by atoms with Gasteiger partial charge in [0.2, 0.25) is 0 Å². The summed E-state index contributed by atoms with van der Waals surface area (Å²) >= 11 is 34.6. The molecular formula is C41H28Cl7N4O2P. The van der Waals surface area contributed by atoms with Crippen molar-refractivity contribution in [3.8, 4) is 45.0 Å². The van der Waals surface area contributed by atoms with E-state index in [0.717, 1.165) is 38.7 Å². The van der Waals surface area contributed by atoms with E-state index < -0.39 is 9.50 Å². The quantitative estimate of drug-likeness (QED) is 0.108. The molecule has 0 spiro atoms. The molecule has 6 aromatic carbocycles. The van der Waals surface area contributed by atoms with Crippen molar-refractivity contribution >= 4 is 107 Å². The zero-order chi connectivity index (χ0) is 39.4. The number of nitrogens with zero attached hydrogens (tertiary/aromatic N) is 3.